The number of carbonyl (C=O) groups excluding carboxylic acids is 1. The molecule has 3 heteroatoms. The minimum atomic E-state index is 0.0646. The fourth-order valence-electron chi connectivity index (χ4n) is 2.65. The van der Waals surface area contributed by atoms with Crippen LogP contribution in [0.25, 0.3) is 11.1 Å². The average Bonchev–Trinajstić information content (AvgIpc) is 2.60. The van der Waals surface area contributed by atoms with Crippen molar-refractivity contribution in [2.75, 3.05) is 0 Å². The molecule has 3 aromatic rings. The molecule has 124 valence electrons. The summed E-state index contributed by atoms with van der Waals surface area (Å²) in [5.74, 6) is 0.0646. The molecule has 0 radical (unpaired) electrons. The largest absolute Gasteiger partial charge is 0.295 e. The van der Waals surface area contributed by atoms with E-state index < -0.39 is 0 Å². The van der Waals surface area contributed by atoms with E-state index in [0.717, 1.165) is 33.6 Å². The second kappa shape index (κ2) is 7.22. The summed E-state index contributed by atoms with van der Waals surface area (Å²) in [6.07, 6.45) is 0. The summed E-state index contributed by atoms with van der Waals surface area (Å²) in [6.45, 7) is 5.64. The van der Waals surface area contributed by atoms with Crippen molar-refractivity contribution < 1.29 is 4.79 Å². The van der Waals surface area contributed by atoms with Gasteiger partial charge in [0.15, 0.2) is 5.78 Å². The Kier molecular flexibility index (Phi) is 4.85. The van der Waals surface area contributed by atoms with E-state index in [9.17, 15) is 4.79 Å². The smallest absolute Gasteiger partial charge is 0.159 e. The minimum Gasteiger partial charge on any atom is -0.295 e. The number of ketones is 1. The molecule has 0 fully saturated rings. The molecule has 0 aliphatic heterocycles. The maximum atomic E-state index is 11.5. The second-order valence-electron chi connectivity index (χ2n) is 6.19. The number of hydrogen-bond acceptors (Lipinski definition) is 3. The Morgan fingerprint density at radius 1 is 0.800 bits per heavy atom. The molecule has 0 spiro atoms. The number of benzene rings is 3. The molecule has 0 aliphatic rings. The van der Waals surface area contributed by atoms with Crippen LogP contribution in [0.1, 0.15) is 28.4 Å². The van der Waals surface area contributed by atoms with Crippen LogP contribution in [0.15, 0.2) is 77.0 Å². The zero-order valence-corrected chi connectivity index (χ0v) is 14.7. The van der Waals surface area contributed by atoms with E-state index in [4.69, 9.17) is 0 Å². The van der Waals surface area contributed by atoms with E-state index in [2.05, 4.69) is 16.3 Å². The molecule has 3 rings (SSSR count). The van der Waals surface area contributed by atoms with Crippen LogP contribution in [-0.4, -0.2) is 5.78 Å². The Balaban J connectivity index is 1.99. The summed E-state index contributed by atoms with van der Waals surface area (Å²) in [5, 5.41) is 8.85. The molecular weight excluding hydrogens is 308 g/mol. The number of Topliss-reactive ketones (excluding diaryl/α,β-unsaturated/α-hetero) is 1. The van der Waals surface area contributed by atoms with Gasteiger partial charge in [0.05, 0.1) is 11.4 Å². The maximum Gasteiger partial charge on any atom is 0.159 e. The van der Waals surface area contributed by atoms with Crippen molar-refractivity contribution in [3.63, 3.8) is 0 Å². The highest BCUT2D eigenvalue weighted by Gasteiger charge is 2.07. The lowest BCUT2D eigenvalue weighted by Crippen LogP contribution is -1.91. The van der Waals surface area contributed by atoms with Crippen molar-refractivity contribution in [3.05, 3.63) is 83.4 Å². The van der Waals surface area contributed by atoms with Crippen LogP contribution in [0.2, 0.25) is 0 Å². The van der Waals surface area contributed by atoms with E-state index in [1.54, 1.807) is 6.92 Å². The SMILES string of the molecule is CC(=O)c1ccc(-c2ccc(C)cc2/N=N/c2cccc(C)c2)cc1. The van der Waals surface area contributed by atoms with Gasteiger partial charge in [-0.25, -0.2) is 0 Å². The Hall–Kier alpha value is -3.07. The monoisotopic (exact) mass is 328 g/mol. The standard InChI is InChI=1S/C22H20N2O/c1-15-5-4-6-20(13-15)23-24-22-14-16(2)7-12-21(22)19-10-8-18(9-11-19)17(3)25/h4-14H,1-3H3/b24-23+. The number of nitrogens with zero attached hydrogens (tertiary/aromatic N) is 2. The number of aryl methyl sites for hydroxylation is 2. The highest BCUT2D eigenvalue weighted by atomic mass is 16.1. The first-order valence-corrected chi connectivity index (χ1v) is 8.23. The second-order valence-corrected chi connectivity index (χ2v) is 6.19. The Morgan fingerprint density at radius 3 is 2.20 bits per heavy atom. The molecule has 0 saturated heterocycles. The Labute approximate surface area is 148 Å². The van der Waals surface area contributed by atoms with Gasteiger partial charge in [-0.2, -0.15) is 5.11 Å². The van der Waals surface area contributed by atoms with Crippen LogP contribution < -0.4 is 0 Å². The van der Waals surface area contributed by atoms with Gasteiger partial charge >= 0.3 is 0 Å². The van der Waals surface area contributed by atoms with E-state index in [1.807, 2.05) is 74.5 Å². The van der Waals surface area contributed by atoms with Gasteiger partial charge in [0.1, 0.15) is 0 Å². The predicted molar refractivity (Wildman–Crippen MR) is 102 cm³/mol. The fraction of sp³-hybridized carbons (Fsp3) is 0.136. The van der Waals surface area contributed by atoms with Gasteiger partial charge < -0.3 is 0 Å². The lowest BCUT2D eigenvalue weighted by Gasteiger charge is -2.07. The highest BCUT2D eigenvalue weighted by Crippen LogP contribution is 2.32. The normalized spacial score (nSPS) is 11.0. The first-order valence-electron chi connectivity index (χ1n) is 8.23. The van der Waals surface area contributed by atoms with Gasteiger partial charge in [-0.15, -0.1) is 5.11 Å². The van der Waals surface area contributed by atoms with Crippen LogP contribution in [-0.2, 0) is 0 Å². The molecule has 3 aromatic carbocycles. The molecule has 0 amide bonds. The third kappa shape index (κ3) is 4.07. The molecule has 0 unspecified atom stereocenters. The number of hydrogen-bond donors (Lipinski definition) is 0. The van der Waals surface area contributed by atoms with Gasteiger partial charge in [0.25, 0.3) is 0 Å². The third-order valence-electron chi connectivity index (χ3n) is 4.03. The summed E-state index contributed by atoms with van der Waals surface area (Å²) >= 11 is 0. The van der Waals surface area contributed by atoms with Crippen LogP contribution >= 0.6 is 0 Å². The summed E-state index contributed by atoms with van der Waals surface area (Å²) < 4.78 is 0. The van der Waals surface area contributed by atoms with Gasteiger partial charge in [0.2, 0.25) is 0 Å². The lowest BCUT2D eigenvalue weighted by molar-refractivity contribution is 0.101. The minimum absolute atomic E-state index is 0.0646. The first-order chi connectivity index (χ1) is 12.0. The molecule has 0 aliphatic carbocycles. The van der Waals surface area contributed by atoms with Crippen molar-refractivity contribution in [3.8, 4) is 11.1 Å². The zero-order valence-electron chi connectivity index (χ0n) is 14.7. The van der Waals surface area contributed by atoms with E-state index in [-0.39, 0.29) is 5.78 Å². The summed E-state index contributed by atoms with van der Waals surface area (Å²) in [4.78, 5) is 11.5. The first kappa shape index (κ1) is 16.8. The average molecular weight is 328 g/mol. The summed E-state index contributed by atoms with van der Waals surface area (Å²) in [6, 6.07) is 21.7. The third-order valence-corrected chi connectivity index (χ3v) is 4.03. The molecular formula is C22H20N2O. The molecule has 3 nitrogen and oxygen atoms in total. The molecule has 0 atom stereocenters. The van der Waals surface area contributed by atoms with Crippen LogP contribution in [0.5, 0.6) is 0 Å². The summed E-state index contributed by atoms with van der Waals surface area (Å²) in [5.41, 5.74) is 6.65. The van der Waals surface area contributed by atoms with Crippen LogP contribution in [0, 0.1) is 13.8 Å². The predicted octanol–water partition coefficient (Wildman–Crippen LogP) is 6.59. The summed E-state index contributed by atoms with van der Waals surface area (Å²) in [7, 11) is 0. The van der Waals surface area contributed by atoms with Gasteiger partial charge in [-0.05, 0) is 55.7 Å². The van der Waals surface area contributed by atoms with E-state index in [0.29, 0.717) is 5.56 Å². The lowest BCUT2D eigenvalue weighted by atomic mass is 10.00. The molecule has 25 heavy (non-hydrogen) atoms. The van der Waals surface area contributed by atoms with E-state index >= 15 is 0 Å². The Bertz CT molecular complexity index is 940. The molecule has 0 aromatic heterocycles. The van der Waals surface area contributed by atoms with E-state index in [1.165, 1.54) is 0 Å². The quantitative estimate of drug-likeness (QED) is 0.393. The number of azo groups is 1. The highest BCUT2D eigenvalue weighted by molar-refractivity contribution is 5.94. The topological polar surface area (TPSA) is 41.8 Å². The van der Waals surface area contributed by atoms with Crippen LogP contribution in [0.3, 0.4) is 0 Å². The number of rotatable bonds is 4. The maximum absolute atomic E-state index is 11.5. The molecule has 0 N–H and O–H groups in total. The van der Waals surface area contributed by atoms with Gasteiger partial charge in [-0.3, -0.25) is 4.79 Å². The van der Waals surface area contributed by atoms with Crippen molar-refractivity contribution in [2.45, 2.75) is 20.8 Å². The van der Waals surface area contributed by atoms with Crippen molar-refractivity contribution in [2.24, 2.45) is 10.2 Å². The molecule has 0 saturated carbocycles. The van der Waals surface area contributed by atoms with Crippen molar-refractivity contribution in [1.82, 2.24) is 0 Å². The van der Waals surface area contributed by atoms with Crippen molar-refractivity contribution in [1.29, 1.82) is 0 Å². The Morgan fingerprint density at radius 2 is 1.52 bits per heavy atom. The molecule has 0 heterocycles. The van der Waals surface area contributed by atoms with Crippen molar-refractivity contribution >= 4 is 17.2 Å². The zero-order chi connectivity index (χ0) is 17.8. The fourth-order valence-corrected chi connectivity index (χ4v) is 2.65. The number of carbonyl (C=O) groups is 1. The van der Waals surface area contributed by atoms with Gasteiger partial charge in [0, 0.05) is 11.1 Å². The molecule has 0 bridgehead atoms. The van der Waals surface area contributed by atoms with Crippen LogP contribution in [0.4, 0.5) is 11.4 Å². The van der Waals surface area contributed by atoms with Gasteiger partial charge in [-0.1, -0.05) is 48.5 Å².